The molecule has 0 heterocycles. The first-order valence-electron chi connectivity index (χ1n) is 3.76. The van der Waals surface area contributed by atoms with Gasteiger partial charge in [-0.1, -0.05) is 23.2 Å². The average molecular weight is 249 g/mol. The molecular formula is C8H6Cl2N2O3. The second kappa shape index (κ2) is 4.95. The van der Waals surface area contributed by atoms with Crippen molar-refractivity contribution in [3.63, 3.8) is 0 Å². The number of amides is 1. The van der Waals surface area contributed by atoms with Crippen LogP contribution < -0.4 is 5.01 Å². The van der Waals surface area contributed by atoms with Crippen LogP contribution in [-0.4, -0.2) is 13.2 Å². The number of nitrogens with zero attached hydrogens (tertiary/aromatic N) is 2. The number of benzene rings is 1. The first kappa shape index (κ1) is 11.7. The predicted octanol–water partition coefficient (Wildman–Crippen LogP) is 3.25. The molecule has 1 amide bonds. The number of hydrogen-bond donors (Lipinski definition) is 0. The van der Waals surface area contributed by atoms with Gasteiger partial charge in [0.2, 0.25) is 0 Å². The maximum Gasteiger partial charge on any atom is 0.437 e. The van der Waals surface area contributed by atoms with Gasteiger partial charge in [0.15, 0.2) is 0 Å². The number of halogens is 2. The Kier molecular flexibility index (Phi) is 3.88. The Balaban J connectivity index is 3.08. The Labute approximate surface area is 95.5 Å². The summed E-state index contributed by atoms with van der Waals surface area (Å²) in [6.07, 6.45) is -0.900. The number of anilines is 1. The van der Waals surface area contributed by atoms with Gasteiger partial charge in [-0.2, -0.15) is 0 Å². The molecule has 0 aliphatic rings. The Morgan fingerprint density at radius 1 is 1.40 bits per heavy atom. The molecule has 0 fully saturated rings. The van der Waals surface area contributed by atoms with E-state index in [1.54, 1.807) is 0 Å². The number of carbonyl (C=O) groups excluding carboxylic acids is 1. The van der Waals surface area contributed by atoms with Crippen LogP contribution in [0.15, 0.2) is 23.5 Å². The van der Waals surface area contributed by atoms with E-state index in [0.29, 0.717) is 10.0 Å². The van der Waals surface area contributed by atoms with E-state index in [-0.39, 0.29) is 10.7 Å². The van der Waals surface area contributed by atoms with Crippen LogP contribution in [0.5, 0.6) is 0 Å². The molecule has 0 aromatic heterocycles. The predicted molar refractivity (Wildman–Crippen MR) is 57.1 cm³/mol. The molecule has 1 aromatic rings. The zero-order valence-corrected chi connectivity index (χ0v) is 9.12. The number of methoxy groups -OCH3 is 1. The van der Waals surface area contributed by atoms with Crippen molar-refractivity contribution < 1.29 is 9.53 Å². The number of rotatable bonds is 2. The van der Waals surface area contributed by atoms with Crippen molar-refractivity contribution in [2.45, 2.75) is 0 Å². The highest BCUT2D eigenvalue weighted by atomic mass is 35.5. The van der Waals surface area contributed by atoms with Gasteiger partial charge in [-0.15, -0.1) is 9.92 Å². The molecule has 0 saturated heterocycles. The summed E-state index contributed by atoms with van der Waals surface area (Å²) in [6.45, 7) is 0. The van der Waals surface area contributed by atoms with Gasteiger partial charge in [0, 0.05) is 0 Å². The molecule has 0 aliphatic carbocycles. The summed E-state index contributed by atoms with van der Waals surface area (Å²) >= 11 is 11.4. The van der Waals surface area contributed by atoms with E-state index in [1.807, 2.05) is 0 Å². The van der Waals surface area contributed by atoms with Gasteiger partial charge in [0.25, 0.3) is 0 Å². The van der Waals surface area contributed by atoms with Gasteiger partial charge in [-0.05, 0) is 18.2 Å². The third kappa shape index (κ3) is 2.57. The molecule has 0 N–H and O–H groups in total. The maximum absolute atomic E-state index is 11.1. The highest BCUT2D eigenvalue weighted by Gasteiger charge is 2.17. The summed E-state index contributed by atoms with van der Waals surface area (Å²) in [4.78, 5) is 21.5. The normalized spacial score (nSPS) is 9.53. The van der Waals surface area contributed by atoms with E-state index in [0.717, 1.165) is 7.11 Å². The number of nitroso groups, excluding NO2 is 1. The molecule has 0 radical (unpaired) electrons. The van der Waals surface area contributed by atoms with Crippen LogP contribution in [-0.2, 0) is 4.74 Å². The van der Waals surface area contributed by atoms with Crippen LogP contribution in [0.3, 0.4) is 0 Å². The molecular weight excluding hydrogens is 243 g/mol. The van der Waals surface area contributed by atoms with Crippen LogP contribution in [0.4, 0.5) is 10.5 Å². The Bertz CT molecular complexity index is 397. The van der Waals surface area contributed by atoms with E-state index in [4.69, 9.17) is 23.2 Å². The standard InChI is InChI=1S/C8H6Cl2N2O3/c1-15-8(13)12(11-14)5-2-3-6(9)7(10)4-5/h2-4H,1H3. The fraction of sp³-hybridized carbons (Fsp3) is 0.125. The molecule has 0 aliphatic heterocycles. The molecule has 1 aromatic carbocycles. The van der Waals surface area contributed by atoms with Crippen LogP contribution in [0.1, 0.15) is 0 Å². The fourth-order valence-corrected chi connectivity index (χ4v) is 1.18. The monoisotopic (exact) mass is 248 g/mol. The summed E-state index contributed by atoms with van der Waals surface area (Å²) in [5.41, 5.74) is 0.186. The highest BCUT2D eigenvalue weighted by molar-refractivity contribution is 6.42. The van der Waals surface area contributed by atoms with E-state index < -0.39 is 6.09 Å². The van der Waals surface area contributed by atoms with Crippen LogP contribution >= 0.6 is 23.2 Å². The van der Waals surface area contributed by atoms with E-state index in [2.05, 4.69) is 10.0 Å². The topological polar surface area (TPSA) is 59.0 Å². The first-order valence-corrected chi connectivity index (χ1v) is 4.52. The van der Waals surface area contributed by atoms with Gasteiger partial charge < -0.3 is 4.74 Å². The second-order valence-corrected chi connectivity index (χ2v) is 3.28. The lowest BCUT2D eigenvalue weighted by atomic mass is 10.3. The molecule has 0 saturated carbocycles. The molecule has 1 rings (SSSR count). The lowest BCUT2D eigenvalue weighted by Gasteiger charge is -2.11. The largest absolute Gasteiger partial charge is 0.451 e. The Hall–Kier alpha value is -1.33. The van der Waals surface area contributed by atoms with Crippen molar-refractivity contribution in [1.82, 2.24) is 0 Å². The minimum atomic E-state index is -0.900. The summed E-state index contributed by atoms with van der Waals surface area (Å²) < 4.78 is 4.34. The van der Waals surface area contributed by atoms with Crippen molar-refractivity contribution in [2.24, 2.45) is 5.29 Å². The van der Waals surface area contributed by atoms with Crippen LogP contribution in [0.25, 0.3) is 0 Å². The Morgan fingerprint density at radius 3 is 2.53 bits per heavy atom. The smallest absolute Gasteiger partial charge is 0.437 e. The molecule has 80 valence electrons. The lowest BCUT2D eigenvalue weighted by Crippen LogP contribution is -2.24. The quantitative estimate of drug-likeness (QED) is 0.597. The summed E-state index contributed by atoms with van der Waals surface area (Å²) in [7, 11) is 1.14. The molecule has 7 heteroatoms. The van der Waals surface area contributed by atoms with Gasteiger partial charge in [0.1, 0.15) is 0 Å². The SMILES string of the molecule is COC(=O)N(N=O)c1ccc(Cl)c(Cl)c1. The highest BCUT2D eigenvalue weighted by Crippen LogP contribution is 2.27. The van der Waals surface area contributed by atoms with E-state index in [9.17, 15) is 9.70 Å². The molecule has 0 bridgehead atoms. The second-order valence-electron chi connectivity index (χ2n) is 2.46. The van der Waals surface area contributed by atoms with Gasteiger partial charge in [-0.3, -0.25) is 0 Å². The number of carbonyl (C=O) groups is 1. The minimum absolute atomic E-state index is 0.186. The lowest BCUT2D eigenvalue weighted by molar-refractivity contribution is 0.179. The third-order valence-electron chi connectivity index (χ3n) is 1.58. The van der Waals surface area contributed by atoms with Gasteiger partial charge in [-0.25, -0.2) is 4.79 Å². The summed E-state index contributed by atoms with van der Waals surface area (Å²) in [6, 6.07) is 4.20. The first-order chi connectivity index (χ1) is 7.10. The van der Waals surface area contributed by atoms with Crippen molar-refractivity contribution in [3.8, 4) is 0 Å². The number of hydrogen-bond acceptors (Lipinski definition) is 4. The third-order valence-corrected chi connectivity index (χ3v) is 2.32. The van der Waals surface area contributed by atoms with Crippen LogP contribution in [0, 0.1) is 4.91 Å². The van der Waals surface area contributed by atoms with Crippen molar-refractivity contribution >= 4 is 35.0 Å². The van der Waals surface area contributed by atoms with Crippen molar-refractivity contribution in [3.05, 3.63) is 33.2 Å². The molecule has 5 nitrogen and oxygen atoms in total. The molecule has 15 heavy (non-hydrogen) atoms. The Morgan fingerprint density at radius 2 is 2.07 bits per heavy atom. The zero-order valence-electron chi connectivity index (χ0n) is 7.61. The molecule has 0 spiro atoms. The van der Waals surface area contributed by atoms with Crippen molar-refractivity contribution in [1.29, 1.82) is 0 Å². The zero-order chi connectivity index (χ0) is 11.4. The molecule has 0 unspecified atom stereocenters. The summed E-state index contributed by atoms with van der Waals surface area (Å²) in [5.74, 6) is 0. The van der Waals surface area contributed by atoms with Crippen LogP contribution in [0.2, 0.25) is 10.0 Å². The minimum Gasteiger partial charge on any atom is -0.451 e. The van der Waals surface area contributed by atoms with Gasteiger partial charge in [0.05, 0.1) is 28.1 Å². The maximum atomic E-state index is 11.1. The van der Waals surface area contributed by atoms with E-state index in [1.165, 1.54) is 18.2 Å². The fourth-order valence-electron chi connectivity index (χ4n) is 0.889. The molecule has 0 atom stereocenters. The number of ether oxygens (including phenoxy) is 1. The van der Waals surface area contributed by atoms with E-state index >= 15 is 0 Å². The van der Waals surface area contributed by atoms with Gasteiger partial charge >= 0.3 is 6.09 Å². The average Bonchev–Trinajstić information content (AvgIpc) is 2.24. The summed E-state index contributed by atoms with van der Waals surface area (Å²) in [5, 5.41) is 3.57. The van der Waals surface area contributed by atoms with Crippen molar-refractivity contribution in [2.75, 3.05) is 12.1 Å².